The lowest BCUT2D eigenvalue weighted by molar-refractivity contribution is 0.962. The molecule has 0 N–H and O–H groups in total. The summed E-state index contributed by atoms with van der Waals surface area (Å²) < 4.78 is 0. The Bertz CT molecular complexity index is 271. The van der Waals surface area contributed by atoms with Crippen LogP contribution in [0, 0.1) is 0 Å². The van der Waals surface area contributed by atoms with Gasteiger partial charge in [0, 0.05) is 0 Å². The minimum absolute atomic E-state index is 1.12. The first kappa shape index (κ1) is 10.0. The molecule has 0 bridgehead atoms. The summed E-state index contributed by atoms with van der Waals surface area (Å²) in [5, 5.41) is 0. The van der Waals surface area contributed by atoms with Gasteiger partial charge in [-0.15, -0.1) is 0 Å². The summed E-state index contributed by atoms with van der Waals surface area (Å²) in [7, 11) is 0. The normalized spacial score (nSPS) is 10.9. The van der Waals surface area contributed by atoms with Crippen molar-refractivity contribution in [1.29, 1.82) is 0 Å². The van der Waals surface area contributed by atoms with E-state index in [0.717, 1.165) is 6.42 Å². The van der Waals surface area contributed by atoms with E-state index in [1.807, 2.05) is 0 Å². The lowest BCUT2D eigenvalue weighted by atomic mass is 10.0. The summed E-state index contributed by atoms with van der Waals surface area (Å²) in [6.07, 6.45) is 8.02. The Labute approximate surface area is 81.3 Å². The van der Waals surface area contributed by atoms with Gasteiger partial charge in [-0.25, -0.2) is 0 Å². The van der Waals surface area contributed by atoms with E-state index in [2.05, 4.69) is 50.3 Å². The summed E-state index contributed by atoms with van der Waals surface area (Å²) in [5.74, 6) is 0. The molecule has 0 unspecified atom stereocenters. The van der Waals surface area contributed by atoms with Gasteiger partial charge in [-0.2, -0.15) is 0 Å². The molecule has 0 saturated heterocycles. The molecular formula is C13H18. The largest absolute Gasteiger partial charge is 0.0839 e. The number of aryl methyl sites for hydroxylation is 1. The van der Waals surface area contributed by atoms with Crippen molar-refractivity contribution in [1.82, 2.24) is 0 Å². The second-order valence-corrected chi connectivity index (χ2v) is 3.24. The summed E-state index contributed by atoms with van der Waals surface area (Å²) in [4.78, 5) is 0. The summed E-state index contributed by atoms with van der Waals surface area (Å²) in [5.41, 5.74) is 2.81. The van der Waals surface area contributed by atoms with Crippen molar-refractivity contribution in [2.45, 2.75) is 33.1 Å². The zero-order valence-electron chi connectivity index (χ0n) is 8.59. The van der Waals surface area contributed by atoms with Gasteiger partial charge in [0.15, 0.2) is 0 Å². The molecule has 0 aliphatic carbocycles. The number of hydrogen-bond acceptors (Lipinski definition) is 0. The molecule has 0 radical (unpaired) electrons. The molecule has 1 aromatic rings. The summed E-state index contributed by atoms with van der Waals surface area (Å²) in [6.45, 7) is 4.41. The molecule has 13 heavy (non-hydrogen) atoms. The first-order valence-electron chi connectivity index (χ1n) is 5.13. The summed E-state index contributed by atoms with van der Waals surface area (Å²) in [6, 6.07) is 8.59. The maximum atomic E-state index is 2.26. The third-order valence-electron chi connectivity index (χ3n) is 2.19. The Balaban J connectivity index is 2.74. The first-order valence-corrected chi connectivity index (χ1v) is 5.13. The smallest absolute Gasteiger partial charge is 0.0228 e. The van der Waals surface area contributed by atoms with Crippen LogP contribution in [0.2, 0.25) is 0 Å². The molecule has 0 fully saturated rings. The monoisotopic (exact) mass is 174 g/mol. The van der Waals surface area contributed by atoms with Gasteiger partial charge in [0.25, 0.3) is 0 Å². The number of rotatable bonds is 4. The van der Waals surface area contributed by atoms with Crippen molar-refractivity contribution in [2.24, 2.45) is 0 Å². The highest BCUT2D eigenvalue weighted by atomic mass is 14.0. The summed E-state index contributed by atoms with van der Waals surface area (Å²) >= 11 is 0. The molecule has 1 rings (SSSR count). The Kier molecular flexibility index (Phi) is 4.31. The van der Waals surface area contributed by atoms with Crippen LogP contribution in [0.1, 0.15) is 37.8 Å². The highest BCUT2D eigenvalue weighted by Crippen LogP contribution is 2.11. The topological polar surface area (TPSA) is 0 Å². The lowest BCUT2D eigenvalue weighted by Crippen LogP contribution is -1.84. The fourth-order valence-electron chi connectivity index (χ4n) is 1.40. The second-order valence-electron chi connectivity index (χ2n) is 3.24. The van der Waals surface area contributed by atoms with Crippen LogP contribution >= 0.6 is 0 Å². The molecule has 0 aliphatic heterocycles. The van der Waals surface area contributed by atoms with E-state index >= 15 is 0 Å². The minimum Gasteiger partial charge on any atom is -0.0839 e. The fourth-order valence-corrected chi connectivity index (χ4v) is 1.40. The van der Waals surface area contributed by atoms with Crippen LogP contribution in [0.5, 0.6) is 0 Å². The third-order valence-corrected chi connectivity index (χ3v) is 2.19. The van der Waals surface area contributed by atoms with E-state index in [9.17, 15) is 0 Å². The highest BCUT2D eigenvalue weighted by Gasteiger charge is 1.93. The predicted octanol–water partition coefficient (Wildman–Crippen LogP) is 4.06. The van der Waals surface area contributed by atoms with E-state index < -0.39 is 0 Å². The SMILES string of the molecule is CCC/C=C/c1ccccc1CC. The molecule has 0 aliphatic rings. The molecule has 1 aromatic carbocycles. The van der Waals surface area contributed by atoms with Crippen LogP contribution in [0.4, 0.5) is 0 Å². The molecule has 70 valence electrons. The van der Waals surface area contributed by atoms with Crippen LogP contribution in [-0.2, 0) is 6.42 Å². The van der Waals surface area contributed by atoms with Crippen molar-refractivity contribution in [3.8, 4) is 0 Å². The standard InChI is InChI=1S/C13H18/c1-3-5-6-10-13-11-8-7-9-12(13)4-2/h6-11H,3-5H2,1-2H3/b10-6+. The van der Waals surface area contributed by atoms with E-state index in [0.29, 0.717) is 0 Å². The molecular weight excluding hydrogens is 156 g/mol. The van der Waals surface area contributed by atoms with Gasteiger partial charge in [-0.1, -0.05) is 56.7 Å². The predicted molar refractivity (Wildman–Crippen MR) is 59.8 cm³/mol. The van der Waals surface area contributed by atoms with E-state index in [1.54, 1.807) is 0 Å². The molecule has 0 amide bonds. The molecule has 0 spiro atoms. The second kappa shape index (κ2) is 5.58. The van der Waals surface area contributed by atoms with Gasteiger partial charge < -0.3 is 0 Å². The Morgan fingerprint density at radius 3 is 2.62 bits per heavy atom. The molecule has 0 heterocycles. The minimum atomic E-state index is 1.12. The van der Waals surface area contributed by atoms with E-state index in [-0.39, 0.29) is 0 Å². The van der Waals surface area contributed by atoms with Crippen LogP contribution in [-0.4, -0.2) is 0 Å². The molecule has 0 saturated carbocycles. The molecule has 0 aromatic heterocycles. The van der Waals surface area contributed by atoms with Crippen LogP contribution in [0.15, 0.2) is 30.3 Å². The van der Waals surface area contributed by atoms with Crippen molar-refractivity contribution in [2.75, 3.05) is 0 Å². The van der Waals surface area contributed by atoms with Crippen LogP contribution in [0.25, 0.3) is 6.08 Å². The molecule has 0 heteroatoms. The zero-order valence-corrected chi connectivity index (χ0v) is 8.59. The van der Waals surface area contributed by atoms with E-state index in [1.165, 1.54) is 24.0 Å². The Hall–Kier alpha value is -1.04. The quantitative estimate of drug-likeness (QED) is 0.645. The van der Waals surface area contributed by atoms with Gasteiger partial charge in [0.1, 0.15) is 0 Å². The first-order chi connectivity index (χ1) is 6.38. The van der Waals surface area contributed by atoms with Crippen molar-refractivity contribution in [3.63, 3.8) is 0 Å². The van der Waals surface area contributed by atoms with Crippen LogP contribution in [0.3, 0.4) is 0 Å². The van der Waals surface area contributed by atoms with Crippen LogP contribution < -0.4 is 0 Å². The Morgan fingerprint density at radius 1 is 1.15 bits per heavy atom. The maximum Gasteiger partial charge on any atom is -0.0228 e. The van der Waals surface area contributed by atoms with Crippen molar-refractivity contribution >= 4 is 6.08 Å². The number of benzene rings is 1. The maximum absolute atomic E-state index is 2.26. The van der Waals surface area contributed by atoms with Gasteiger partial charge in [-0.05, 0) is 24.0 Å². The third kappa shape index (κ3) is 3.06. The van der Waals surface area contributed by atoms with Crippen molar-refractivity contribution < 1.29 is 0 Å². The van der Waals surface area contributed by atoms with Gasteiger partial charge >= 0.3 is 0 Å². The van der Waals surface area contributed by atoms with Gasteiger partial charge in [0.2, 0.25) is 0 Å². The number of hydrogen-bond donors (Lipinski definition) is 0. The van der Waals surface area contributed by atoms with E-state index in [4.69, 9.17) is 0 Å². The number of unbranched alkanes of at least 4 members (excludes halogenated alkanes) is 1. The van der Waals surface area contributed by atoms with Gasteiger partial charge in [0.05, 0.1) is 0 Å². The zero-order chi connectivity index (χ0) is 9.52. The average molecular weight is 174 g/mol. The molecule has 0 nitrogen and oxygen atoms in total. The average Bonchev–Trinajstić information content (AvgIpc) is 2.19. The highest BCUT2D eigenvalue weighted by molar-refractivity contribution is 5.53. The fraction of sp³-hybridized carbons (Fsp3) is 0.385. The lowest BCUT2D eigenvalue weighted by Gasteiger charge is -2.01. The van der Waals surface area contributed by atoms with Gasteiger partial charge in [-0.3, -0.25) is 0 Å². The molecule has 0 atom stereocenters. The Morgan fingerprint density at radius 2 is 1.92 bits per heavy atom. The van der Waals surface area contributed by atoms with Crippen molar-refractivity contribution in [3.05, 3.63) is 41.5 Å². The number of allylic oxidation sites excluding steroid dienone is 1.